The molecule has 0 saturated carbocycles. The number of nitrogens with zero attached hydrogens (tertiary/aromatic N) is 1. The van der Waals surface area contributed by atoms with Crippen LogP contribution >= 0.6 is 0 Å². The molecular weight excluding hydrogens is 520 g/mol. The van der Waals surface area contributed by atoms with Crippen LogP contribution in [0.25, 0.3) is 0 Å². The number of benzene rings is 3. The number of likely N-dealkylation sites (tertiary alicyclic amines) is 1. The van der Waals surface area contributed by atoms with Crippen LogP contribution in [0.2, 0.25) is 0 Å². The van der Waals surface area contributed by atoms with Gasteiger partial charge in [0, 0.05) is 42.1 Å². The average Bonchev–Trinajstić information content (AvgIpc) is 2.99. The molecule has 0 spiro atoms. The molecule has 1 fully saturated rings. The highest BCUT2D eigenvalue weighted by Crippen LogP contribution is 2.34. The van der Waals surface area contributed by atoms with Crippen LogP contribution in [0.5, 0.6) is 23.0 Å². The molecule has 3 N–H and O–H groups in total. The van der Waals surface area contributed by atoms with Crippen LogP contribution in [-0.4, -0.2) is 56.2 Å². The van der Waals surface area contributed by atoms with E-state index in [2.05, 4.69) is 27.9 Å². The first-order valence-electron chi connectivity index (χ1n) is 14.2. The minimum Gasteiger partial charge on any atom is -0.493 e. The highest BCUT2D eigenvalue weighted by Gasteiger charge is 2.18. The number of carbonyl (C=O) groups excluding carboxylic acids is 2. The fourth-order valence-corrected chi connectivity index (χ4v) is 4.59. The molecule has 1 heterocycles. The summed E-state index contributed by atoms with van der Waals surface area (Å²) < 4.78 is 17.6. The Labute approximate surface area is 242 Å². The van der Waals surface area contributed by atoms with E-state index in [1.807, 2.05) is 26.0 Å². The molecule has 41 heavy (non-hydrogen) atoms. The normalized spacial score (nSPS) is 13.9. The zero-order valence-electron chi connectivity index (χ0n) is 24.2. The van der Waals surface area contributed by atoms with E-state index in [-0.39, 0.29) is 24.1 Å². The summed E-state index contributed by atoms with van der Waals surface area (Å²) in [7, 11) is 3.67. The van der Waals surface area contributed by atoms with Crippen molar-refractivity contribution in [1.29, 1.82) is 0 Å². The van der Waals surface area contributed by atoms with Gasteiger partial charge in [-0.05, 0) is 93.4 Å². The van der Waals surface area contributed by atoms with Crippen LogP contribution < -0.4 is 30.2 Å². The Kier molecular flexibility index (Phi) is 10.5. The van der Waals surface area contributed by atoms with Gasteiger partial charge in [0.25, 0.3) is 5.91 Å². The summed E-state index contributed by atoms with van der Waals surface area (Å²) in [5.41, 5.74) is 1.79. The second kappa shape index (κ2) is 14.4. The van der Waals surface area contributed by atoms with Gasteiger partial charge < -0.3 is 35.1 Å². The molecule has 0 aliphatic carbocycles. The van der Waals surface area contributed by atoms with Crippen molar-refractivity contribution in [3.8, 4) is 23.0 Å². The van der Waals surface area contributed by atoms with Gasteiger partial charge in [0.1, 0.15) is 17.6 Å². The number of ether oxygens (including phenoxy) is 3. The molecule has 4 rings (SSSR count). The summed E-state index contributed by atoms with van der Waals surface area (Å²) in [6.07, 6.45) is 3.95. The Bertz CT molecular complexity index is 1280. The topological polar surface area (TPSA) is 101 Å². The molecule has 9 nitrogen and oxygen atoms in total. The summed E-state index contributed by atoms with van der Waals surface area (Å²) in [6, 6.07) is 19.4. The highest BCUT2D eigenvalue weighted by molar-refractivity contribution is 6.04. The molecular formula is C32H40N4O5. The maximum absolute atomic E-state index is 12.8. The third kappa shape index (κ3) is 8.62. The number of amides is 3. The number of anilines is 2. The van der Waals surface area contributed by atoms with Gasteiger partial charge in [-0.3, -0.25) is 4.79 Å². The zero-order chi connectivity index (χ0) is 29.2. The Morgan fingerprint density at radius 3 is 2.12 bits per heavy atom. The lowest BCUT2D eigenvalue weighted by Crippen LogP contribution is -2.37. The van der Waals surface area contributed by atoms with Crippen LogP contribution in [0.15, 0.2) is 66.7 Å². The quantitative estimate of drug-likeness (QED) is 0.247. The molecule has 0 atom stereocenters. The van der Waals surface area contributed by atoms with E-state index >= 15 is 0 Å². The van der Waals surface area contributed by atoms with Crippen molar-refractivity contribution in [3.05, 3.63) is 72.3 Å². The fraction of sp³-hybridized carbons (Fsp3) is 0.375. The minimum absolute atomic E-state index is 0.126. The number of nitrogens with one attached hydrogen (secondary N) is 3. The summed E-state index contributed by atoms with van der Waals surface area (Å²) >= 11 is 0. The standard InChI is InChI=1S/C32H40N4O5/c1-5-23(6-2)34-32(38)35-25-11-16-29(30(21-25)39-4)41-27-14-9-24(10-15-27)33-31(37)22-7-12-26(13-8-22)40-28-17-19-36(3)20-18-28/h7-16,21,23,28H,5-6,17-20H2,1-4H3,(H,33,37)(H2,34,35,38). The van der Waals surface area contributed by atoms with E-state index in [1.54, 1.807) is 61.7 Å². The second-order valence-electron chi connectivity index (χ2n) is 10.2. The van der Waals surface area contributed by atoms with Gasteiger partial charge in [-0.25, -0.2) is 4.79 Å². The SMILES string of the molecule is CCC(CC)NC(=O)Nc1ccc(Oc2ccc(NC(=O)c3ccc(OC4CCN(C)CC4)cc3)cc2)c(OC)c1. The van der Waals surface area contributed by atoms with Gasteiger partial charge in [0.15, 0.2) is 11.5 Å². The van der Waals surface area contributed by atoms with Crippen molar-refractivity contribution < 1.29 is 23.8 Å². The lowest BCUT2D eigenvalue weighted by molar-refractivity contribution is 0.102. The van der Waals surface area contributed by atoms with E-state index in [9.17, 15) is 9.59 Å². The molecule has 3 aromatic rings. The summed E-state index contributed by atoms with van der Waals surface area (Å²) in [4.78, 5) is 27.4. The van der Waals surface area contributed by atoms with Crippen LogP contribution in [0, 0.1) is 0 Å². The monoisotopic (exact) mass is 560 g/mol. The number of urea groups is 1. The number of hydrogen-bond acceptors (Lipinski definition) is 6. The van der Waals surface area contributed by atoms with Gasteiger partial charge in [0.05, 0.1) is 7.11 Å². The van der Waals surface area contributed by atoms with E-state index in [1.165, 1.54) is 0 Å². The van der Waals surface area contributed by atoms with Gasteiger partial charge in [-0.1, -0.05) is 13.8 Å². The van der Waals surface area contributed by atoms with Crippen LogP contribution in [0.3, 0.4) is 0 Å². The maximum atomic E-state index is 12.8. The van der Waals surface area contributed by atoms with Crippen molar-refractivity contribution >= 4 is 23.3 Å². The summed E-state index contributed by atoms with van der Waals surface area (Å²) in [6.45, 7) is 6.14. The van der Waals surface area contributed by atoms with E-state index < -0.39 is 0 Å². The minimum atomic E-state index is -0.260. The molecule has 0 radical (unpaired) electrons. The van der Waals surface area contributed by atoms with Crippen LogP contribution in [-0.2, 0) is 0 Å². The van der Waals surface area contributed by atoms with Gasteiger partial charge in [-0.2, -0.15) is 0 Å². The largest absolute Gasteiger partial charge is 0.493 e. The molecule has 0 unspecified atom stereocenters. The molecule has 3 aromatic carbocycles. The number of piperidine rings is 1. The number of carbonyl (C=O) groups is 2. The predicted octanol–water partition coefficient (Wildman–Crippen LogP) is 6.52. The average molecular weight is 561 g/mol. The predicted molar refractivity (Wildman–Crippen MR) is 162 cm³/mol. The van der Waals surface area contributed by atoms with E-state index in [4.69, 9.17) is 14.2 Å². The Morgan fingerprint density at radius 2 is 1.49 bits per heavy atom. The number of methoxy groups -OCH3 is 1. The first-order valence-corrected chi connectivity index (χ1v) is 14.2. The first-order chi connectivity index (χ1) is 19.9. The zero-order valence-corrected chi connectivity index (χ0v) is 24.2. The smallest absolute Gasteiger partial charge is 0.319 e. The van der Waals surface area contributed by atoms with E-state index in [0.29, 0.717) is 34.2 Å². The molecule has 3 amide bonds. The molecule has 9 heteroatoms. The third-order valence-electron chi connectivity index (χ3n) is 7.17. The second-order valence-corrected chi connectivity index (χ2v) is 10.2. The summed E-state index contributed by atoms with van der Waals surface area (Å²) in [5, 5.41) is 8.69. The molecule has 0 bridgehead atoms. The van der Waals surface area contributed by atoms with Crippen LogP contribution in [0.4, 0.5) is 16.2 Å². The van der Waals surface area contributed by atoms with E-state index in [0.717, 1.165) is 44.5 Å². The van der Waals surface area contributed by atoms with Crippen molar-refractivity contribution in [3.63, 3.8) is 0 Å². The first kappa shape index (κ1) is 29.7. The third-order valence-corrected chi connectivity index (χ3v) is 7.17. The molecule has 1 saturated heterocycles. The molecule has 218 valence electrons. The lowest BCUT2D eigenvalue weighted by Gasteiger charge is -2.29. The van der Waals surface area contributed by atoms with Crippen molar-refractivity contribution in [1.82, 2.24) is 10.2 Å². The maximum Gasteiger partial charge on any atom is 0.319 e. The van der Waals surface area contributed by atoms with Gasteiger partial charge in [-0.15, -0.1) is 0 Å². The van der Waals surface area contributed by atoms with Crippen molar-refractivity contribution in [2.75, 3.05) is 37.9 Å². The summed E-state index contributed by atoms with van der Waals surface area (Å²) in [5.74, 6) is 2.12. The Balaban J connectivity index is 1.30. The van der Waals surface area contributed by atoms with Crippen molar-refractivity contribution in [2.45, 2.75) is 51.7 Å². The Morgan fingerprint density at radius 1 is 0.854 bits per heavy atom. The molecule has 0 aromatic heterocycles. The lowest BCUT2D eigenvalue weighted by atomic mass is 10.1. The highest BCUT2D eigenvalue weighted by atomic mass is 16.5. The molecule has 1 aliphatic heterocycles. The van der Waals surface area contributed by atoms with Gasteiger partial charge >= 0.3 is 6.03 Å². The number of rotatable bonds is 11. The number of hydrogen-bond donors (Lipinski definition) is 3. The Hall–Kier alpha value is -4.24. The van der Waals surface area contributed by atoms with Crippen molar-refractivity contribution in [2.24, 2.45) is 0 Å². The van der Waals surface area contributed by atoms with Gasteiger partial charge in [0.2, 0.25) is 0 Å². The van der Waals surface area contributed by atoms with Crippen LogP contribution in [0.1, 0.15) is 49.9 Å². The fourth-order valence-electron chi connectivity index (χ4n) is 4.59. The molecule has 1 aliphatic rings.